The van der Waals surface area contributed by atoms with Crippen LogP contribution in [0.4, 0.5) is 11.4 Å². The van der Waals surface area contributed by atoms with Crippen LogP contribution in [0.2, 0.25) is 0 Å². The van der Waals surface area contributed by atoms with Crippen LogP contribution in [-0.2, 0) is 19.3 Å². The van der Waals surface area contributed by atoms with Gasteiger partial charge in [-0.25, -0.2) is 4.79 Å². The first-order chi connectivity index (χ1) is 15.1. The van der Waals surface area contributed by atoms with Crippen LogP contribution in [0, 0.1) is 0 Å². The number of aromatic carboxylic acids is 1. The summed E-state index contributed by atoms with van der Waals surface area (Å²) in [6, 6.07) is 17.2. The predicted molar refractivity (Wildman–Crippen MR) is 124 cm³/mol. The first-order valence-electron chi connectivity index (χ1n) is 10.9. The van der Waals surface area contributed by atoms with Crippen LogP contribution in [-0.4, -0.2) is 29.7 Å². The van der Waals surface area contributed by atoms with Gasteiger partial charge in [-0.05, 0) is 84.8 Å². The topological polar surface area (TPSA) is 65.5 Å². The van der Waals surface area contributed by atoms with E-state index >= 15 is 0 Å². The van der Waals surface area contributed by atoms with Crippen LogP contribution < -0.4 is 10.2 Å². The van der Waals surface area contributed by atoms with Gasteiger partial charge in [-0.3, -0.25) is 4.98 Å². The molecule has 4 rings (SSSR count). The maximum atomic E-state index is 11.5. The van der Waals surface area contributed by atoms with Crippen LogP contribution in [0.25, 0.3) is 0 Å². The number of carbonyl (C=O) groups is 1. The molecule has 5 nitrogen and oxygen atoms in total. The number of pyridine rings is 1. The molecule has 1 aliphatic rings. The van der Waals surface area contributed by atoms with E-state index in [1.807, 2.05) is 0 Å². The number of hydrogen-bond donors (Lipinski definition) is 2. The smallest absolute Gasteiger partial charge is 0.336 e. The van der Waals surface area contributed by atoms with Crippen molar-refractivity contribution in [3.8, 4) is 0 Å². The molecule has 5 heteroatoms. The molecule has 31 heavy (non-hydrogen) atoms. The number of rotatable bonds is 7. The fraction of sp³-hybridized carbons (Fsp3) is 0.308. The lowest BCUT2D eigenvalue weighted by molar-refractivity contribution is 0.0695. The van der Waals surface area contributed by atoms with Crippen molar-refractivity contribution in [2.75, 3.05) is 18.5 Å². The average Bonchev–Trinajstić information content (AvgIpc) is 2.82. The summed E-state index contributed by atoms with van der Waals surface area (Å²) in [6.07, 6.45) is 6.77. The molecule has 0 saturated carbocycles. The Morgan fingerprint density at radius 2 is 1.94 bits per heavy atom. The molecule has 2 heterocycles. The summed E-state index contributed by atoms with van der Waals surface area (Å²) < 4.78 is 0. The van der Waals surface area contributed by atoms with Crippen molar-refractivity contribution in [2.24, 2.45) is 0 Å². The van der Waals surface area contributed by atoms with E-state index in [4.69, 9.17) is 0 Å². The Bertz CT molecular complexity index is 1060. The lowest BCUT2D eigenvalue weighted by atomic mass is 9.89. The van der Waals surface area contributed by atoms with E-state index in [0.29, 0.717) is 12.0 Å². The van der Waals surface area contributed by atoms with Crippen molar-refractivity contribution >= 4 is 17.3 Å². The standard InChI is InChI=1S/C26H29N3O2/c1-3-18-4-7-21(8-5-18)29(2)22-9-10-23-19(16-22)12-15-28-25(23)11-6-20-17-27-14-13-24(20)26(30)31/h4-5,7-10,13-14,16-17,25,28H,3,6,11-12,15H2,1-2H3,(H,30,31)/t25-/m1/s1. The number of nitrogens with one attached hydrogen (secondary N) is 1. The summed E-state index contributed by atoms with van der Waals surface area (Å²) in [5.74, 6) is -0.894. The van der Waals surface area contributed by atoms with E-state index < -0.39 is 5.97 Å². The fourth-order valence-electron chi connectivity index (χ4n) is 4.35. The third kappa shape index (κ3) is 4.62. The molecule has 0 saturated heterocycles. The van der Waals surface area contributed by atoms with E-state index in [2.05, 4.69) is 71.6 Å². The van der Waals surface area contributed by atoms with Gasteiger partial charge in [0.25, 0.3) is 0 Å². The third-order valence-corrected chi connectivity index (χ3v) is 6.24. The predicted octanol–water partition coefficient (Wildman–Crippen LogP) is 4.93. The molecule has 3 aromatic rings. The fourth-order valence-corrected chi connectivity index (χ4v) is 4.35. The Hall–Kier alpha value is -3.18. The van der Waals surface area contributed by atoms with Crippen molar-refractivity contribution < 1.29 is 9.90 Å². The van der Waals surface area contributed by atoms with Gasteiger partial charge in [0, 0.05) is 36.9 Å². The minimum absolute atomic E-state index is 0.216. The van der Waals surface area contributed by atoms with Gasteiger partial charge < -0.3 is 15.3 Å². The van der Waals surface area contributed by atoms with Crippen molar-refractivity contribution in [2.45, 2.75) is 38.6 Å². The largest absolute Gasteiger partial charge is 0.478 e. The highest BCUT2D eigenvalue weighted by Gasteiger charge is 2.21. The van der Waals surface area contributed by atoms with E-state index in [1.54, 1.807) is 12.3 Å². The maximum Gasteiger partial charge on any atom is 0.336 e. The second kappa shape index (κ2) is 9.31. The molecule has 0 aliphatic carbocycles. The molecule has 160 valence electrons. The highest BCUT2D eigenvalue weighted by atomic mass is 16.4. The molecular formula is C26H29N3O2. The minimum atomic E-state index is -0.894. The van der Waals surface area contributed by atoms with Crippen molar-refractivity contribution in [1.82, 2.24) is 10.3 Å². The lowest BCUT2D eigenvalue weighted by Crippen LogP contribution is -2.30. The Morgan fingerprint density at radius 3 is 2.68 bits per heavy atom. The molecule has 0 radical (unpaired) electrons. The summed E-state index contributed by atoms with van der Waals surface area (Å²) in [7, 11) is 2.11. The van der Waals surface area contributed by atoms with Crippen molar-refractivity contribution in [3.63, 3.8) is 0 Å². The zero-order valence-corrected chi connectivity index (χ0v) is 18.1. The van der Waals surface area contributed by atoms with Crippen molar-refractivity contribution in [1.29, 1.82) is 0 Å². The zero-order valence-electron chi connectivity index (χ0n) is 18.1. The molecule has 0 unspecified atom stereocenters. The molecule has 0 spiro atoms. The number of carboxylic acids is 1. The van der Waals surface area contributed by atoms with Crippen LogP contribution in [0.1, 0.15) is 52.0 Å². The molecule has 2 aromatic carbocycles. The number of benzene rings is 2. The van der Waals surface area contributed by atoms with E-state index in [1.165, 1.54) is 34.3 Å². The Balaban J connectivity index is 1.51. The van der Waals surface area contributed by atoms with E-state index in [0.717, 1.165) is 31.4 Å². The van der Waals surface area contributed by atoms with Crippen LogP contribution >= 0.6 is 0 Å². The number of hydrogen-bond acceptors (Lipinski definition) is 4. The quantitative estimate of drug-likeness (QED) is 0.573. The summed E-state index contributed by atoms with van der Waals surface area (Å²) in [6.45, 7) is 3.10. The van der Waals surface area contributed by atoms with Gasteiger partial charge in [0.05, 0.1) is 5.56 Å². The zero-order chi connectivity index (χ0) is 21.8. The normalized spacial score (nSPS) is 15.4. The number of carboxylic acid groups (broad SMARTS) is 1. The summed E-state index contributed by atoms with van der Waals surface area (Å²) in [5, 5.41) is 13.0. The molecule has 2 N–H and O–H groups in total. The number of anilines is 2. The maximum absolute atomic E-state index is 11.5. The molecule has 1 aromatic heterocycles. The Kier molecular flexibility index (Phi) is 6.33. The molecule has 0 amide bonds. The molecule has 0 bridgehead atoms. The van der Waals surface area contributed by atoms with Gasteiger partial charge in [0.1, 0.15) is 0 Å². The highest BCUT2D eigenvalue weighted by molar-refractivity contribution is 5.89. The van der Waals surface area contributed by atoms with Crippen LogP contribution in [0.5, 0.6) is 0 Å². The number of nitrogens with zero attached hydrogens (tertiary/aromatic N) is 2. The van der Waals surface area contributed by atoms with E-state index in [9.17, 15) is 9.90 Å². The molecule has 1 aliphatic heterocycles. The first-order valence-corrected chi connectivity index (χ1v) is 10.9. The molecule has 0 fully saturated rings. The highest BCUT2D eigenvalue weighted by Crippen LogP contribution is 2.32. The summed E-state index contributed by atoms with van der Waals surface area (Å²) in [4.78, 5) is 17.8. The van der Waals surface area contributed by atoms with E-state index in [-0.39, 0.29) is 6.04 Å². The third-order valence-electron chi connectivity index (χ3n) is 6.24. The second-order valence-electron chi connectivity index (χ2n) is 8.10. The first kappa shape index (κ1) is 21.1. The summed E-state index contributed by atoms with van der Waals surface area (Å²) in [5.41, 5.74) is 7.52. The van der Waals surface area contributed by atoms with Gasteiger partial charge >= 0.3 is 5.97 Å². The van der Waals surface area contributed by atoms with Crippen LogP contribution in [0.15, 0.2) is 60.9 Å². The second-order valence-corrected chi connectivity index (χ2v) is 8.10. The van der Waals surface area contributed by atoms with Gasteiger partial charge in [-0.15, -0.1) is 0 Å². The molecular weight excluding hydrogens is 386 g/mol. The summed E-state index contributed by atoms with van der Waals surface area (Å²) >= 11 is 0. The van der Waals surface area contributed by atoms with Gasteiger partial charge in [-0.2, -0.15) is 0 Å². The number of fused-ring (bicyclic) bond motifs is 1. The minimum Gasteiger partial charge on any atom is -0.478 e. The van der Waals surface area contributed by atoms with Gasteiger partial charge in [-0.1, -0.05) is 25.1 Å². The average molecular weight is 416 g/mol. The van der Waals surface area contributed by atoms with Crippen LogP contribution in [0.3, 0.4) is 0 Å². The van der Waals surface area contributed by atoms with Crippen molar-refractivity contribution in [3.05, 3.63) is 88.7 Å². The monoisotopic (exact) mass is 415 g/mol. The Labute approximate surface area is 183 Å². The lowest BCUT2D eigenvalue weighted by Gasteiger charge is -2.29. The SMILES string of the molecule is CCc1ccc(N(C)c2ccc3c(c2)CCN[C@@H]3CCc2cnccc2C(=O)O)cc1. The molecule has 1 atom stereocenters. The van der Waals surface area contributed by atoms with Gasteiger partial charge in [0.15, 0.2) is 0 Å². The Morgan fingerprint density at radius 1 is 1.16 bits per heavy atom. The van der Waals surface area contributed by atoms with Gasteiger partial charge in [0.2, 0.25) is 0 Å². The number of aromatic nitrogens is 1. The number of aryl methyl sites for hydroxylation is 2.